The highest BCUT2D eigenvalue weighted by Gasteiger charge is 2.23. The largest absolute Gasteiger partial charge is 0.198 e. The lowest BCUT2D eigenvalue weighted by Gasteiger charge is -2.22. The molecule has 0 radical (unpaired) electrons. The van der Waals surface area contributed by atoms with Gasteiger partial charge in [-0.15, -0.1) is 0 Å². The van der Waals surface area contributed by atoms with Gasteiger partial charge < -0.3 is 0 Å². The molecule has 0 amide bonds. The van der Waals surface area contributed by atoms with Crippen LogP contribution in [0.25, 0.3) is 0 Å². The molecule has 0 rings (SSSR count). The Labute approximate surface area is 111 Å². The highest BCUT2D eigenvalue weighted by atomic mass is 14.4. The van der Waals surface area contributed by atoms with E-state index in [4.69, 9.17) is 10.5 Å². The van der Waals surface area contributed by atoms with Gasteiger partial charge in [-0.2, -0.15) is 15.8 Å². The number of rotatable bonds is 8. The monoisotopic (exact) mass is 245 g/mol. The number of nitriles is 3. The van der Waals surface area contributed by atoms with Crippen LogP contribution >= 0.6 is 0 Å². The third kappa shape index (κ3) is 6.93. The van der Waals surface area contributed by atoms with E-state index in [2.05, 4.69) is 18.2 Å². The Morgan fingerprint density at radius 1 is 0.889 bits per heavy atom. The molecular weight excluding hydrogens is 222 g/mol. The van der Waals surface area contributed by atoms with Gasteiger partial charge in [0.05, 0.1) is 23.6 Å². The molecule has 0 aromatic rings. The average Bonchev–Trinajstić information content (AvgIpc) is 2.40. The van der Waals surface area contributed by atoms with Gasteiger partial charge in [-0.1, -0.05) is 12.8 Å². The van der Waals surface area contributed by atoms with Crippen LogP contribution < -0.4 is 0 Å². The number of hydrogen-bond acceptors (Lipinski definition) is 3. The molecule has 3 heteroatoms. The fourth-order valence-corrected chi connectivity index (χ4v) is 1.87. The molecule has 0 aromatic heterocycles. The fourth-order valence-electron chi connectivity index (χ4n) is 1.87. The van der Waals surface area contributed by atoms with E-state index in [1.807, 2.05) is 20.8 Å². The molecule has 98 valence electrons. The Balaban J connectivity index is 3.99. The zero-order valence-electron chi connectivity index (χ0n) is 11.7. The smallest absolute Gasteiger partial charge is 0.0686 e. The van der Waals surface area contributed by atoms with E-state index in [-0.39, 0.29) is 17.3 Å². The van der Waals surface area contributed by atoms with Gasteiger partial charge in [-0.05, 0) is 46.5 Å². The van der Waals surface area contributed by atoms with Crippen molar-refractivity contribution < 1.29 is 0 Å². The van der Waals surface area contributed by atoms with E-state index >= 15 is 0 Å². The van der Waals surface area contributed by atoms with Gasteiger partial charge >= 0.3 is 0 Å². The molecule has 0 spiro atoms. The quantitative estimate of drug-likeness (QED) is 0.602. The SMILES string of the molecule is CC(C#N)CCCCC(C)(C#N)CCC(C)C#N. The van der Waals surface area contributed by atoms with Crippen molar-refractivity contribution in [2.75, 3.05) is 0 Å². The summed E-state index contributed by atoms with van der Waals surface area (Å²) in [4.78, 5) is 0. The van der Waals surface area contributed by atoms with E-state index < -0.39 is 0 Å². The maximum absolute atomic E-state index is 9.24. The minimum absolute atomic E-state index is 0.0243. The van der Waals surface area contributed by atoms with Crippen molar-refractivity contribution in [2.24, 2.45) is 17.3 Å². The van der Waals surface area contributed by atoms with Crippen LogP contribution in [-0.4, -0.2) is 0 Å². The normalized spacial score (nSPS) is 16.7. The highest BCUT2D eigenvalue weighted by molar-refractivity contribution is 4.96. The Kier molecular flexibility index (Phi) is 7.82. The van der Waals surface area contributed by atoms with Crippen molar-refractivity contribution in [1.29, 1.82) is 15.8 Å². The second-order valence-corrected chi connectivity index (χ2v) is 5.52. The molecule has 0 aliphatic rings. The predicted octanol–water partition coefficient (Wildman–Crippen LogP) is 4.18. The van der Waals surface area contributed by atoms with Crippen molar-refractivity contribution in [3.05, 3.63) is 0 Å². The van der Waals surface area contributed by atoms with E-state index in [0.717, 1.165) is 38.5 Å². The summed E-state index contributed by atoms with van der Waals surface area (Å²) in [5.74, 6) is 0.133. The first-order valence-electron chi connectivity index (χ1n) is 6.68. The summed E-state index contributed by atoms with van der Waals surface area (Å²) in [7, 11) is 0. The zero-order valence-corrected chi connectivity index (χ0v) is 11.7. The topological polar surface area (TPSA) is 71.4 Å². The van der Waals surface area contributed by atoms with Gasteiger partial charge in [0.25, 0.3) is 0 Å². The van der Waals surface area contributed by atoms with Crippen molar-refractivity contribution in [2.45, 2.75) is 59.3 Å². The molecule has 3 atom stereocenters. The Bertz CT molecular complexity index is 355. The molecule has 0 heterocycles. The van der Waals surface area contributed by atoms with Gasteiger partial charge in [0, 0.05) is 11.8 Å². The summed E-state index contributed by atoms with van der Waals surface area (Å²) in [6.07, 6.45) is 5.32. The summed E-state index contributed by atoms with van der Waals surface area (Å²) in [6.45, 7) is 5.80. The molecule has 0 saturated carbocycles. The predicted molar refractivity (Wildman–Crippen MR) is 71.0 cm³/mol. The van der Waals surface area contributed by atoms with Crippen LogP contribution in [-0.2, 0) is 0 Å². The van der Waals surface area contributed by atoms with Crippen LogP contribution in [0.15, 0.2) is 0 Å². The first-order chi connectivity index (χ1) is 8.47. The second kappa shape index (κ2) is 8.54. The van der Waals surface area contributed by atoms with E-state index in [1.165, 1.54) is 0 Å². The van der Waals surface area contributed by atoms with Crippen LogP contribution in [0.1, 0.15) is 59.3 Å². The molecule has 3 nitrogen and oxygen atoms in total. The number of nitrogens with zero attached hydrogens (tertiary/aromatic N) is 3. The Morgan fingerprint density at radius 3 is 1.94 bits per heavy atom. The standard InChI is InChI=1S/C15H23N3/c1-13(10-16)6-4-5-8-15(3,12-18)9-7-14(2)11-17/h13-14H,4-9H2,1-3H3. The lowest BCUT2D eigenvalue weighted by Crippen LogP contribution is -2.15. The lowest BCUT2D eigenvalue weighted by atomic mass is 9.80. The molecular formula is C15H23N3. The molecule has 0 aliphatic heterocycles. The highest BCUT2D eigenvalue weighted by Crippen LogP contribution is 2.31. The third-order valence-corrected chi connectivity index (χ3v) is 3.46. The van der Waals surface area contributed by atoms with E-state index in [1.54, 1.807) is 0 Å². The maximum atomic E-state index is 9.24. The zero-order chi connectivity index (χ0) is 14.0. The number of hydrogen-bond donors (Lipinski definition) is 0. The van der Waals surface area contributed by atoms with Crippen LogP contribution in [0.3, 0.4) is 0 Å². The second-order valence-electron chi connectivity index (χ2n) is 5.52. The summed E-state index contributed by atoms with van der Waals surface area (Å²) in [6, 6.07) is 6.81. The van der Waals surface area contributed by atoms with Gasteiger partial charge in [0.15, 0.2) is 0 Å². The Morgan fingerprint density at radius 2 is 1.44 bits per heavy atom. The molecule has 18 heavy (non-hydrogen) atoms. The van der Waals surface area contributed by atoms with Crippen LogP contribution in [0.2, 0.25) is 0 Å². The molecule has 0 bridgehead atoms. The van der Waals surface area contributed by atoms with Crippen molar-refractivity contribution in [1.82, 2.24) is 0 Å². The van der Waals surface area contributed by atoms with Crippen molar-refractivity contribution in [3.63, 3.8) is 0 Å². The van der Waals surface area contributed by atoms with Gasteiger partial charge in [-0.3, -0.25) is 0 Å². The van der Waals surface area contributed by atoms with Gasteiger partial charge in [0.1, 0.15) is 0 Å². The molecule has 0 aromatic carbocycles. The summed E-state index contributed by atoms with van der Waals surface area (Å²) in [5, 5.41) is 26.7. The van der Waals surface area contributed by atoms with Crippen molar-refractivity contribution in [3.8, 4) is 18.2 Å². The van der Waals surface area contributed by atoms with Gasteiger partial charge in [-0.25, -0.2) is 0 Å². The van der Waals surface area contributed by atoms with Crippen LogP contribution in [0, 0.1) is 51.2 Å². The molecule has 0 aliphatic carbocycles. The average molecular weight is 245 g/mol. The Hall–Kier alpha value is -1.53. The summed E-state index contributed by atoms with van der Waals surface area (Å²) in [5.41, 5.74) is -0.318. The maximum Gasteiger partial charge on any atom is 0.0686 e. The van der Waals surface area contributed by atoms with Gasteiger partial charge in [0.2, 0.25) is 0 Å². The minimum Gasteiger partial charge on any atom is -0.198 e. The molecule has 3 unspecified atom stereocenters. The van der Waals surface area contributed by atoms with E-state index in [0.29, 0.717) is 0 Å². The summed E-state index contributed by atoms with van der Waals surface area (Å²) >= 11 is 0. The first-order valence-corrected chi connectivity index (χ1v) is 6.68. The fraction of sp³-hybridized carbons (Fsp3) is 0.800. The number of unbranched alkanes of at least 4 members (excludes halogenated alkanes) is 1. The first kappa shape index (κ1) is 16.5. The van der Waals surface area contributed by atoms with Crippen LogP contribution in [0.4, 0.5) is 0 Å². The van der Waals surface area contributed by atoms with E-state index in [9.17, 15) is 5.26 Å². The molecule has 0 N–H and O–H groups in total. The molecule has 0 saturated heterocycles. The van der Waals surface area contributed by atoms with Crippen LogP contribution in [0.5, 0.6) is 0 Å². The molecule has 0 fully saturated rings. The van der Waals surface area contributed by atoms with Crippen molar-refractivity contribution >= 4 is 0 Å². The third-order valence-electron chi connectivity index (χ3n) is 3.46. The summed E-state index contributed by atoms with van der Waals surface area (Å²) < 4.78 is 0. The lowest BCUT2D eigenvalue weighted by molar-refractivity contribution is 0.330. The minimum atomic E-state index is -0.318.